The molecule has 4 heteroatoms. The number of aromatic nitrogens is 2. The van der Waals surface area contributed by atoms with E-state index < -0.39 is 0 Å². The molecule has 1 saturated carbocycles. The van der Waals surface area contributed by atoms with E-state index in [0.29, 0.717) is 12.0 Å². The molecule has 1 aromatic rings. The molecule has 2 heterocycles. The SMILES string of the molecule is NCC1CCCN(Cc2ccn(C3CCCCC3)n2)C1. The number of piperidine rings is 1. The highest BCUT2D eigenvalue weighted by atomic mass is 15.3. The highest BCUT2D eigenvalue weighted by Gasteiger charge is 2.20. The number of hydrogen-bond acceptors (Lipinski definition) is 3. The number of likely N-dealkylation sites (tertiary alicyclic amines) is 1. The monoisotopic (exact) mass is 276 g/mol. The number of rotatable bonds is 4. The van der Waals surface area contributed by atoms with Gasteiger partial charge in [0, 0.05) is 19.3 Å². The van der Waals surface area contributed by atoms with Crippen molar-refractivity contribution < 1.29 is 0 Å². The number of hydrogen-bond donors (Lipinski definition) is 1. The van der Waals surface area contributed by atoms with Gasteiger partial charge in [0.05, 0.1) is 11.7 Å². The van der Waals surface area contributed by atoms with Crippen molar-refractivity contribution in [2.45, 2.75) is 57.5 Å². The molecule has 20 heavy (non-hydrogen) atoms. The van der Waals surface area contributed by atoms with Gasteiger partial charge in [-0.1, -0.05) is 19.3 Å². The normalized spacial score (nSPS) is 25.9. The maximum atomic E-state index is 5.81. The number of nitrogens with two attached hydrogens (primary N) is 1. The third-order valence-electron chi connectivity index (χ3n) is 4.93. The Balaban J connectivity index is 1.56. The van der Waals surface area contributed by atoms with Crippen LogP contribution in [-0.4, -0.2) is 34.3 Å². The summed E-state index contributed by atoms with van der Waals surface area (Å²) < 4.78 is 2.22. The third kappa shape index (κ3) is 3.41. The molecule has 0 bridgehead atoms. The fraction of sp³-hybridized carbons (Fsp3) is 0.812. The fourth-order valence-corrected chi connectivity index (χ4v) is 3.73. The molecular weight excluding hydrogens is 248 g/mol. The van der Waals surface area contributed by atoms with Crippen molar-refractivity contribution in [3.05, 3.63) is 18.0 Å². The molecule has 2 N–H and O–H groups in total. The van der Waals surface area contributed by atoms with E-state index in [1.54, 1.807) is 0 Å². The minimum absolute atomic E-state index is 0.649. The van der Waals surface area contributed by atoms with Crippen molar-refractivity contribution in [1.29, 1.82) is 0 Å². The zero-order chi connectivity index (χ0) is 13.8. The van der Waals surface area contributed by atoms with Crippen LogP contribution in [0.15, 0.2) is 12.3 Å². The highest BCUT2D eigenvalue weighted by molar-refractivity contribution is 5.00. The Labute approximate surface area is 122 Å². The van der Waals surface area contributed by atoms with Crippen LogP contribution in [0.2, 0.25) is 0 Å². The highest BCUT2D eigenvalue weighted by Crippen LogP contribution is 2.27. The summed E-state index contributed by atoms with van der Waals surface area (Å²) in [6, 6.07) is 2.86. The van der Waals surface area contributed by atoms with Crippen LogP contribution in [0.4, 0.5) is 0 Å². The van der Waals surface area contributed by atoms with Gasteiger partial charge in [-0.25, -0.2) is 0 Å². The maximum absolute atomic E-state index is 5.81. The molecule has 1 aliphatic heterocycles. The Bertz CT molecular complexity index is 408. The van der Waals surface area contributed by atoms with Gasteiger partial charge in [0.15, 0.2) is 0 Å². The van der Waals surface area contributed by atoms with Gasteiger partial charge < -0.3 is 5.73 Å². The van der Waals surface area contributed by atoms with Gasteiger partial charge in [-0.3, -0.25) is 9.58 Å². The summed E-state index contributed by atoms with van der Waals surface area (Å²) in [6.45, 7) is 4.17. The Morgan fingerprint density at radius 3 is 2.80 bits per heavy atom. The molecule has 1 saturated heterocycles. The molecule has 0 radical (unpaired) electrons. The largest absolute Gasteiger partial charge is 0.330 e. The summed E-state index contributed by atoms with van der Waals surface area (Å²) in [5.74, 6) is 0.684. The molecule has 0 amide bonds. The van der Waals surface area contributed by atoms with Gasteiger partial charge in [-0.2, -0.15) is 5.10 Å². The van der Waals surface area contributed by atoms with Crippen molar-refractivity contribution in [1.82, 2.24) is 14.7 Å². The topological polar surface area (TPSA) is 47.1 Å². The molecular formula is C16H28N4. The van der Waals surface area contributed by atoms with E-state index in [2.05, 4.69) is 21.8 Å². The average molecular weight is 276 g/mol. The van der Waals surface area contributed by atoms with E-state index in [9.17, 15) is 0 Å². The summed E-state index contributed by atoms with van der Waals surface area (Å²) >= 11 is 0. The molecule has 4 nitrogen and oxygen atoms in total. The molecule has 1 aromatic heterocycles. The molecule has 2 fully saturated rings. The molecule has 2 aliphatic rings. The molecule has 1 unspecified atom stereocenters. The Morgan fingerprint density at radius 1 is 1.15 bits per heavy atom. The second-order valence-corrected chi connectivity index (χ2v) is 6.56. The second kappa shape index (κ2) is 6.72. The van der Waals surface area contributed by atoms with Crippen LogP contribution in [0.3, 0.4) is 0 Å². The summed E-state index contributed by atoms with van der Waals surface area (Å²) in [7, 11) is 0. The van der Waals surface area contributed by atoms with Gasteiger partial charge in [0.1, 0.15) is 0 Å². The van der Waals surface area contributed by atoms with Gasteiger partial charge in [0.25, 0.3) is 0 Å². The number of nitrogens with zero attached hydrogens (tertiary/aromatic N) is 3. The van der Waals surface area contributed by atoms with Crippen molar-refractivity contribution in [3.8, 4) is 0 Å². The van der Waals surface area contributed by atoms with Crippen LogP contribution in [0.1, 0.15) is 56.7 Å². The summed E-state index contributed by atoms with van der Waals surface area (Å²) in [5, 5.41) is 4.82. The van der Waals surface area contributed by atoms with Crippen molar-refractivity contribution >= 4 is 0 Å². The lowest BCUT2D eigenvalue weighted by Gasteiger charge is -2.31. The van der Waals surface area contributed by atoms with Gasteiger partial charge in [0.2, 0.25) is 0 Å². The quantitative estimate of drug-likeness (QED) is 0.919. The standard InChI is InChI=1S/C16H28N4/c17-11-14-5-4-9-19(12-14)13-15-8-10-20(18-15)16-6-2-1-3-7-16/h8,10,14,16H,1-7,9,11-13,17H2. The van der Waals surface area contributed by atoms with E-state index in [0.717, 1.165) is 19.6 Å². The molecule has 0 aromatic carbocycles. The minimum atomic E-state index is 0.649. The molecule has 1 aliphatic carbocycles. The fourth-order valence-electron chi connectivity index (χ4n) is 3.73. The Kier molecular flexibility index (Phi) is 4.73. The predicted molar refractivity (Wildman–Crippen MR) is 81.4 cm³/mol. The van der Waals surface area contributed by atoms with E-state index >= 15 is 0 Å². The predicted octanol–water partition coefficient (Wildman–Crippen LogP) is 2.56. The summed E-state index contributed by atoms with van der Waals surface area (Å²) in [6.07, 6.45) is 11.5. The lowest BCUT2D eigenvalue weighted by Crippen LogP contribution is -2.37. The molecule has 0 spiro atoms. The van der Waals surface area contributed by atoms with Crippen LogP contribution in [-0.2, 0) is 6.54 Å². The Morgan fingerprint density at radius 2 is 2.00 bits per heavy atom. The first-order valence-electron chi connectivity index (χ1n) is 8.31. The first-order valence-corrected chi connectivity index (χ1v) is 8.31. The van der Waals surface area contributed by atoms with Crippen molar-refractivity contribution in [3.63, 3.8) is 0 Å². The lowest BCUT2D eigenvalue weighted by atomic mass is 9.96. The van der Waals surface area contributed by atoms with Gasteiger partial charge >= 0.3 is 0 Å². The maximum Gasteiger partial charge on any atom is 0.0764 e. The van der Waals surface area contributed by atoms with Gasteiger partial charge in [-0.05, 0) is 50.8 Å². The van der Waals surface area contributed by atoms with E-state index in [1.165, 1.54) is 57.2 Å². The van der Waals surface area contributed by atoms with Crippen LogP contribution in [0, 0.1) is 5.92 Å². The molecule has 112 valence electrons. The van der Waals surface area contributed by atoms with Crippen molar-refractivity contribution in [2.75, 3.05) is 19.6 Å². The van der Waals surface area contributed by atoms with E-state index in [4.69, 9.17) is 10.8 Å². The first kappa shape index (κ1) is 14.1. The van der Waals surface area contributed by atoms with Crippen LogP contribution >= 0.6 is 0 Å². The van der Waals surface area contributed by atoms with Crippen LogP contribution in [0.25, 0.3) is 0 Å². The zero-order valence-corrected chi connectivity index (χ0v) is 12.5. The second-order valence-electron chi connectivity index (χ2n) is 6.56. The third-order valence-corrected chi connectivity index (χ3v) is 4.93. The molecule has 3 rings (SSSR count). The average Bonchev–Trinajstić information content (AvgIpc) is 2.97. The first-order chi connectivity index (χ1) is 9.85. The van der Waals surface area contributed by atoms with Crippen LogP contribution < -0.4 is 5.73 Å². The lowest BCUT2D eigenvalue weighted by molar-refractivity contribution is 0.168. The van der Waals surface area contributed by atoms with Crippen molar-refractivity contribution in [2.24, 2.45) is 11.7 Å². The Hall–Kier alpha value is -0.870. The summed E-state index contributed by atoms with van der Waals surface area (Å²) in [4.78, 5) is 2.52. The zero-order valence-electron chi connectivity index (χ0n) is 12.5. The van der Waals surface area contributed by atoms with Gasteiger partial charge in [-0.15, -0.1) is 0 Å². The summed E-state index contributed by atoms with van der Waals surface area (Å²) in [5.41, 5.74) is 7.04. The van der Waals surface area contributed by atoms with Crippen LogP contribution in [0.5, 0.6) is 0 Å². The smallest absolute Gasteiger partial charge is 0.0764 e. The molecule has 1 atom stereocenters. The minimum Gasteiger partial charge on any atom is -0.330 e. The van der Waals surface area contributed by atoms with E-state index in [1.807, 2.05) is 0 Å². The van der Waals surface area contributed by atoms with E-state index in [-0.39, 0.29) is 0 Å².